The largest absolute Gasteiger partial charge is 0.469 e. The smallest absolute Gasteiger partial charge is 0.191 e. The SMILES string of the molecule is c1coc(CCNC(=NCc2ccc(COC3CCOCC3)cc2)NC2CCCCC2)c1. The summed E-state index contributed by atoms with van der Waals surface area (Å²) in [7, 11) is 0. The van der Waals surface area contributed by atoms with E-state index >= 15 is 0 Å². The molecule has 2 heterocycles. The number of nitrogens with zero attached hydrogens (tertiary/aromatic N) is 1. The van der Waals surface area contributed by atoms with Gasteiger partial charge in [0.2, 0.25) is 0 Å². The zero-order valence-corrected chi connectivity index (χ0v) is 19.1. The first kappa shape index (κ1) is 22.9. The van der Waals surface area contributed by atoms with Crippen LogP contribution in [0.5, 0.6) is 0 Å². The first-order valence-corrected chi connectivity index (χ1v) is 12.2. The van der Waals surface area contributed by atoms with Crippen molar-refractivity contribution in [2.75, 3.05) is 19.8 Å². The van der Waals surface area contributed by atoms with Crippen molar-refractivity contribution in [1.29, 1.82) is 0 Å². The Morgan fingerprint density at radius 1 is 0.969 bits per heavy atom. The van der Waals surface area contributed by atoms with Gasteiger partial charge >= 0.3 is 0 Å². The summed E-state index contributed by atoms with van der Waals surface area (Å²) in [6.07, 6.45) is 11.3. The molecule has 1 aliphatic heterocycles. The predicted molar refractivity (Wildman–Crippen MR) is 127 cm³/mol. The molecular formula is C26H37N3O3. The molecule has 32 heavy (non-hydrogen) atoms. The number of hydrogen-bond donors (Lipinski definition) is 2. The quantitative estimate of drug-likeness (QED) is 0.442. The Hall–Kier alpha value is -2.31. The van der Waals surface area contributed by atoms with Crippen LogP contribution in [-0.2, 0) is 29.0 Å². The highest BCUT2D eigenvalue weighted by Crippen LogP contribution is 2.17. The number of ether oxygens (including phenoxy) is 2. The van der Waals surface area contributed by atoms with Crippen molar-refractivity contribution in [3.63, 3.8) is 0 Å². The summed E-state index contributed by atoms with van der Waals surface area (Å²) in [5, 5.41) is 7.14. The Labute approximate surface area is 191 Å². The molecule has 1 aromatic heterocycles. The van der Waals surface area contributed by atoms with E-state index < -0.39 is 0 Å². The van der Waals surface area contributed by atoms with Crippen molar-refractivity contribution in [2.24, 2.45) is 4.99 Å². The number of guanidine groups is 1. The molecule has 0 atom stereocenters. The van der Waals surface area contributed by atoms with Gasteiger partial charge < -0.3 is 24.5 Å². The minimum atomic E-state index is 0.327. The topological polar surface area (TPSA) is 68.0 Å². The number of benzene rings is 1. The lowest BCUT2D eigenvalue weighted by Gasteiger charge is -2.25. The van der Waals surface area contributed by atoms with Gasteiger partial charge in [-0.3, -0.25) is 0 Å². The maximum Gasteiger partial charge on any atom is 0.191 e. The lowest BCUT2D eigenvalue weighted by molar-refractivity contribution is -0.0390. The van der Waals surface area contributed by atoms with Crippen LogP contribution in [0, 0.1) is 0 Å². The second-order valence-corrected chi connectivity index (χ2v) is 8.84. The summed E-state index contributed by atoms with van der Waals surface area (Å²) in [5.74, 6) is 1.89. The minimum Gasteiger partial charge on any atom is -0.469 e. The fraction of sp³-hybridized carbons (Fsp3) is 0.577. The van der Waals surface area contributed by atoms with E-state index in [9.17, 15) is 0 Å². The summed E-state index contributed by atoms with van der Waals surface area (Å²) in [6.45, 7) is 3.75. The predicted octanol–water partition coefficient (Wildman–Crippen LogP) is 4.59. The van der Waals surface area contributed by atoms with Crippen molar-refractivity contribution in [1.82, 2.24) is 10.6 Å². The van der Waals surface area contributed by atoms with E-state index in [4.69, 9.17) is 18.9 Å². The summed E-state index contributed by atoms with van der Waals surface area (Å²) >= 11 is 0. The van der Waals surface area contributed by atoms with Gasteiger partial charge in [0.25, 0.3) is 0 Å². The van der Waals surface area contributed by atoms with Crippen LogP contribution in [0.4, 0.5) is 0 Å². The second kappa shape index (κ2) is 12.7. The number of furan rings is 1. The molecule has 0 unspecified atom stereocenters. The Morgan fingerprint density at radius 3 is 2.50 bits per heavy atom. The second-order valence-electron chi connectivity index (χ2n) is 8.84. The molecule has 1 aromatic carbocycles. The zero-order chi connectivity index (χ0) is 21.8. The van der Waals surface area contributed by atoms with Gasteiger partial charge in [0.15, 0.2) is 5.96 Å². The maximum atomic E-state index is 6.03. The van der Waals surface area contributed by atoms with Gasteiger partial charge in [-0.25, -0.2) is 4.99 Å². The third kappa shape index (κ3) is 7.68. The lowest BCUT2D eigenvalue weighted by atomic mass is 9.96. The van der Waals surface area contributed by atoms with Crippen molar-refractivity contribution in [3.8, 4) is 0 Å². The summed E-state index contributed by atoms with van der Waals surface area (Å²) in [5.41, 5.74) is 2.41. The molecule has 6 nitrogen and oxygen atoms in total. The van der Waals surface area contributed by atoms with E-state index in [1.807, 2.05) is 12.1 Å². The van der Waals surface area contributed by atoms with E-state index in [1.165, 1.54) is 43.2 Å². The van der Waals surface area contributed by atoms with Gasteiger partial charge in [0.05, 0.1) is 25.5 Å². The number of nitrogens with one attached hydrogen (secondary N) is 2. The number of aliphatic imine (C=N–C) groups is 1. The zero-order valence-electron chi connectivity index (χ0n) is 19.1. The molecule has 0 radical (unpaired) electrons. The molecule has 174 valence electrons. The van der Waals surface area contributed by atoms with E-state index in [1.54, 1.807) is 6.26 Å². The molecule has 0 spiro atoms. The van der Waals surface area contributed by atoms with Crippen LogP contribution >= 0.6 is 0 Å². The van der Waals surface area contributed by atoms with Gasteiger partial charge in [-0.1, -0.05) is 43.5 Å². The summed E-state index contributed by atoms with van der Waals surface area (Å²) in [4.78, 5) is 4.87. The molecule has 1 saturated heterocycles. The molecule has 2 fully saturated rings. The Balaban J connectivity index is 1.28. The first-order valence-electron chi connectivity index (χ1n) is 12.2. The average Bonchev–Trinajstić information content (AvgIpc) is 3.37. The van der Waals surface area contributed by atoms with Crippen LogP contribution in [0.2, 0.25) is 0 Å². The molecule has 6 heteroatoms. The molecule has 1 aliphatic carbocycles. The molecular weight excluding hydrogens is 402 g/mol. The number of rotatable bonds is 9. The van der Waals surface area contributed by atoms with Crippen LogP contribution in [0.3, 0.4) is 0 Å². The normalized spacial score (nSPS) is 18.6. The average molecular weight is 440 g/mol. The van der Waals surface area contributed by atoms with Gasteiger partial charge in [-0.05, 0) is 48.9 Å². The van der Waals surface area contributed by atoms with Crippen LogP contribution in [0.25, 0.3) is 0 Å². The molecule has 2 aliphatic rings. The van der Waals surface area contributed by atoms with E-state index in [-0.39, 0.29) is 0 Å². The lowest BCUT2D eigenvalue weighted by Crippen LogP contribution is -2.44. The van der Waals surface area contributed by atoms with Crippen molar-refractivity contribution in [3.05, 3.63) is 59.5 Å². The molecule has 0 bridgehead atoms. The van der Waals surface area contributed by atoms with Crippen molar-refractivity contribution < 1.29 is 13.9 Å². The highest BCUT2D eigenvalue weighted by molar-refractivity contribution is 5.80. The van der Waals surface area contributed by atoms with E-state index in [0.717, 1.165) is 50.7 Å². The Kier molecular flexibility index (Phi) is 9.04. The van der Waals surface area contributed by atoms with E-state index in [0.29, 0.717) is 25.3 Å². The van der Waals surface area contributed by atoms with Crippen molar-refractivity contribution >= 4 is 5.96 Å². The minimum absolute atomic E-state index is 0.327. The molecule has 2 aromatic rings. The molecule has 1 saturated carbocycles. The number of hydrogen-bond acceptors (Lipinski definition) is 4. The molecule has 0 amide bonds. The summed E-state index contributed by atoms with van der Waals surface area (Å²) < 4.78 is 16.9. The monoisotopic (exact) mass is 439 g/mol. The van der Waals surface area contributed by atoms with Gasteiger partial charge in [-0.2, -0.15) is 0 Å². The van der Waals surface area contributed by atoms with Gasteiger partial charge in [0.1, 0.15) is 5.76 Å². The summed E-state index contributed by atoms with van der Waals surface area (Å²) in [6, 6.07) is 13.1. The Morgan fingerprint density at radius 2 is 1.75 bits per heavy atom. The fourth-order valence-electron chi connectivity index (χ4n) is 4.32. The fourth-order valence-corrected chi connectivity index (χ4v) is 4.32. The highest BCUT2D eigenvalue weighted by Gasteiger charge is 2.15. The van der Waals surface area contributed by atoms with Crippen LogP contribution in [0.15, 0.2) is 52.1 Å². The Bertz CT molecular complexity index is 792. The van der Waals surface area contributed by atoms with Gasteiger partial charge in [-0.15, -0.1) is 0 Å². The van der Waals surface area contributed by atoms with Crippen LogP contribution in [-0.4, -0.2) is 37.9 Å². The van der Waals surface area contributed by atoms with Gasteiger partial charge in [0, 0.05) is 32.2 Å². The highest BCUT2D eigenvalue weighted by atomic mass is 16.5. The molecule has 4 rings (SSSR count). The van der Waals surface area contributed by atoms with Crippen LogP contribution < -0.4 is 10.6 Å². The third-order valence-electron chi connectivity index (χ3n) is 6.29. The third-order valence-corrected chi connectivity index (χ3v) is 6.29. The van der Waals surface area contributed by atoms with Crippen LogP contribution in [0.1, 0.15) is 61.8 Å². The standard InChI is InChI=1S/C26H37N3O3/c1-2-5-23(6-3-1)29-26(27-15-12-24-7-4-16-31-24)28-19-21-8-10-22(11-9-21)20-32-25-13-17-30-18-14-25/h4,7-11,16,23,25H,1-3,5-6,12-15,17-20H2,(H2,27,28,29). The molecule has 2 N–H and O–H groups in total. The first-order chi connectivity index (χ1) is 15.8. The maximum absolute atomic E-state index is 6.03. The van der Waals surface area contributed by atoms with E-state index in [2.05, 4.69) is 34.9 Å². The van der Waals surface area contributed by atoms with Crippen molar-refractivity contribution in [2.45, 2.75) is 76.7 Å².